The van der Waals surface area contributed by atoms with Crippen molar-refractivity contribution in [2.45, 2.75) is 6.92 Å². The van der Waals surface area contributed by atoms with Crippen LogP contribution in [-0.4, -0.2) is 11.5 Å². The predicted molar refractivity (Wildman–Crippen MR) is 77.1 cm³/mol. The van der Waals surface area contributed by atoms with E-state index in [1.165, 1.54) is 6.07 Å². The number of nitrogens with two attached hydrogens (primary N) is 1. The fourth-order valence-electron chi connectivity index (χ4n) is 2.04. The van der Waals surface area contributed by atoms with Crippen LogP contribution in [0.25, 0.3) is 11.1 Å². The van der Waals surface area contributed by atoms with Crippen LogP contribution < -0.4 is 11.1 Å². The predicted octanol–water partition coefficient (Wildman–Crippen LogP) is 3.28. The Labute approximate surface area is 111 Å². The summed E-state index contributed by atoms with van der Waals surface area (Å²) in [6, 6.07) is 12.1. The van der Waals surface area contributed by atoms with Gasteiger partial charge in [0.1, 0.15) is 0 Å². The summed E-state index contributed by atoms with van der Waals surface area (Å²) in [4.78, 5) is 10.8. The first-order valence-electron chi connectivity index (χ1n) is 6.01. The van der Waals surface area contributed by atoms with Gasteiger partial charge in [-0.2, -0.15) is 0 Å². The first-order valence-corrected chi connectivity index (χ1v) is 6.01. The number of rotatable bonds is 4. The number of nitro groups is 1. The minimum atomic E-state index is -0.386. The molecular weight excluding hydrogens is 242 g/mol. The minimum absolute atomic E-state index is 0.0522. The van der Waals surface area contributed by atoms with Gasteiger partial charge < -0.3 is 11.1 Å². The molecule has 0 aliphatic carbocycles. The molecule has 0 aromatic heterocycles. The molecule has 0 radical (unpaired) electrons. The van der Waals surface area contributed by atoms with E-state index in [0.29, 0.717) is 23.4 Å². The van der Waals surface area contributed by atoms with Crippen molar-refractivity contribution in [2.24, 2.45) is 0 Å². The molecule has 0 aliphatic rings. The molecule has 0 saturated carbocycles. The van der Waals surface area contributed by atoms with Crippen molar-refractivity contribution in [2.75, 3.05) is 17.6 Å². The molecule has 0 amide bonds. The molecule has 2 aromatic carbocycles. The first-order chi connectivity index (χ1) is 9.15. The number of para-hydroxylation sites is 1. The molecule has 19 heavy (non-hydrogen) atoms. The Morgan fingerprint density at radius 3 is 2.58 bits per heavy atom. The highest BCUT2D eigenvalue weighted by Gasteiger charge is 2.20. The van der Waals surface area contributed by atoms with Gasteiger partial charge in [-0.3, -0.25) is 10.1 Å². The molecule has 0 spiro atoms. The molecule has 0 fully saturated rings. The zero-order valence-corrected chi connectivity index (χ0v) is 10.6. The maximum absolute atomic E-state index is 11.2. The SMILES string of the molecule is CCNc1cccc([N+](=O)[O-])c1-c1ccccc1N. The van der Waals surface area contributed by atoms with E-state index in [0.717, 1.165) is 5.69 Å². The Hall–Kier alpha value is -2.56. The zero-order valence-electron chi connectivity index (χ0n) is 10.6. The van der Waals surface area contributed by atoms with E-state index >= 15 is 0 Å². The molecule has 0 aliphatic heterocycles. The lowest BCUT2D eigenvalue weighted by Gasteiger charge is -2.12. The summed E-state index contributed by atoms with van der Waals surface area (Å²) in [5.74, 6) is 0. The van der Waals surface area contributed by atoms with E-state index in [2.05, 4.69) is 5.32 Å². The van der Waals surface area contributed by atoms with Crippen molar-refractivity contribution < 1.29 is 4.92 Å². The van der Waals surface area contributed by atoms with Crippen LogP contribution in [0.5, 0.6) is 0 Å². The molecular formula is C14H15N3O2. The standard InChI is InChI=1S/C14H15N3O2/c1-2-16-12-8-5-9-13(17(18)19)14(12)10-6-3-4-7-11(10)15/h3-9,16H,2,15H2,1H3. The number of hydrogen-bond acceptors (Lipinski definition) is 4. The summed E-state index contributed by atoms with van der Waals surface area (Å²) in [5.41, 5.74) is 8.44. The third kappa shape index (κ3) is 2.49. The van der Waals surface area contributed by atoms with Crippen LogP contribution in [0.15, 0.2) is 42.5 Å². The third-order valence-electron chi connectivity index (χ3n) is 2.84. The van der Waals surface area contributed by atoms with Crippen molar-refractivity contribution in [3.8, 4) is 11.1 Å². The van der Waals surface area contributed by atoms with E-state index in [1.54, 1.807) is 24.3 Å². The van der Waals surface area contributed by atoms with Gasteiger partial charge in [0.05, 0.1) is 10.5 Å². The summed E-state index contributed by atoms with van der Waals surface area (Å²) >= 11 is 0. The number of hydrogen-bond donors (Lipinski definition) is 2. The fourth-order valence-corrected chi connectivity index (χ4v) is 2.04. The second-order valence-corrected chi connectivity index (χ2v) is 4.07. The second kappa shape index (κ2) is 5.39. The summed E-state index contributed by atoms with van der Waals surface area (Å²) in [6.45, 7) is 2.62. The van der Waals surface area contributed by atoms with E-state index < -0.39 is 0 Å². The van der Waals surface area contributed by atoms with Gasteiger partial charge in [0.25, 0.3) is 5.69 Å². The molecule has 2 aromatic rings. The van der Waals surface area contributed by atoms with E-state index in [-0.39, 0.29) is 10.6 Å². The monoisotopic (exact) mass is 257 g/mol. The molecule has 0 bridgehead atoms. The molecule has 98 valence electrons. The highest BCUT2D eigenvalue weighted by Crippen LogP contribution is 2.39. The molecule has 2 rings (SSSR count). The van der Waals surface area contributed by atoms with Crippen LogP contribution in [-0.2, 0) is 0 Å². The van der Waals surface area contributed by atoms with Crippen LogP contribution in [0.3, 0.4) is 0 Å². The van der Waals surface area contributed by atoms with Crippen LogP contribution >= 0.6 is 0 Å². The molecule has 3 N–H and O–H groups in total. The Bertz CT molecular complexity index is 611. The molecule has 0 atom stereocenters. The number of nitrogens with zero attached hydrogens (tertiary/aromatic N) is 1. The van der Waals surface area contributed by atoms with E-state index in [1.807, 2.05) is 19.1 Å². The Morgan fingerprint density at radius 2 is 1.95 bits per heavy atom. The molecule has 0 unspecified atom stereocenters. The van der Waals surface area contributed by atoms with Crippen molar-refractivity contribution in [1.82, 2.24) is 0 Å². The van der Waals surface area contributed by atoms with Crippen molar-refractivity contribution in [3.05, 3.63) is 52.6 Å². The quantitative estimate of drug-likeness (QED) is 0.500. The molecule has 5 nitrogen and oxygen atoms in total. The molecule has 0 saturated heterocycles. The zero-order chi connectivity index (χ0) is 13.8. The second-order valence-electron chi connectivity index (χ2n) is 4.07. The van der Waals surface area contributed by atoms with Crippen LogP contribution in [0.1, 0.15) is 6.92 Å². The highest BCUT2D eigenvalue weighted by molar-refractivity contribution is 5.91. The van der Waals surface area contributed by atoms with Gasteiger partial charge in [0, 0.05) is 29.5 Å². The Kier molecular flexibility index (Phi) is 3.66. The normalized spacial score (nSPS) is 10.2. The fraction of sp³-hybridized carbons (Fsp3) is 0.143. The van der Waals surface area contributed by atoms with Gasteiger partial charge in [-0.15, -0.1) is 0 Å². The smallest absolute Gasteiger partial charge is 0.279 e. The van der Waals surface area contributed by atoms with Gasteiger partial charge in [-0.05, 0) is 19.1 Å². The van der Waals surface area contributed by atoms with Gasteiger partial charge in [0.2, 0.25) is 0 Å². The number of nitrogen functional groups attached to an aromatic ring is 1. The van der Waals surface area contributed by atoms with Crippen LogP contribution in [0.4, 0.5) is 17.1 Å². The highest BCUT2D eigenvalue weighted by atomic mass is 16.6. The maximum Gasteiger partial charge on any atom is 0.279 e. The average Bonchev–Trinajstić information content (AvgIpc) is 2.40. The topological polar surface area (TPSA) is 81.2 Å². The van der Waals surface area contributed by atoms with E-state index in [4.69, 9.17) is 5.73 Å². The number of nitrogens with one attached hydrogen (secondary N) is 1. The lowest BCUT2D eigenvalue weighted by molar-refractivity contribution is -0.384. The summed E-state index contributed by atoms with van der Waals surface area (Å²) < 4.78 is 0. The lowest BCUT2D eigenvalue weighted by atomic mass is 10.00. The van der Waals surface area contributed by atoms with Crippen LogP contribution in [0, 0.1) is 10.1 Å². The number of anilines is 2. The van der Waals surface area contributed by atoms with Gasteiger partial charge in [-0.1, -0.05) is 24.3 Å². The summed E-state index contributed by atoms with van der Waals surface area (Å²) in [7, 11) is 0. The van der Waals surface area contributed by atoms with Crippen molar-refractivity contribution in [1.29, 1.82) is 0 Å². The Balaban J connectivity index is 2.71. The van der Waals surface area contributed by atoms with Crippen molar-refractivity contribution >= 4 is 17.1 Å². The number of benzene rings is 2. The van der Waals surface area contributed by atoms with E-state index in [9.17, 15) is 10.1 Å². The van der Waals surface area contributed by atoms with Crippen molar-refractivity contribution in [3.63, 3.8) is 0 Å². The maximum atomic E-state index is 11.2. The lowest BCUT2D eigenvalue weighted by Crippen LogP contribution is -2.02. The average molecular weight is 257 g/mol. The van der Waals surface area contributed by atoms with Gasteiger partial charge >= 0.3 is 0 Å². The largest absolute Gasteiger partial charge is 0.398 e. The van der Waals surface area contributed by atoms with Gasteiger partial charge in [0.15, 0.2) is 0 Å². The summed E-state index contributed by atoms with van der Waals surface area (Å²) in [5, 5.41) is 14.3. The number of nitro benzene ring substituents is 1. The summed E-state index contributed by atoms with van der Waals surface area (Å²) in [6.07, 6.45) is 0. The minimum Gasteiger partial charge on any atom is -0.398 e. The van der Waals surface area contributed by atoms with Gasteiger partial charge in [-0.25, -0.2) is 0 Å². The Morgan fingerprint density at radius 1 is 1.21 bits per heavy atom. The molecule has 0 heterocycles. The molecule has 5 heteroatoms. The first kappa shape index (κ1) is 12.9. The van der Waals surface area contributed by atoms with Crippen LogP contribution in [0.2, 0.25) is 0 Å². The third-order valence-corrected chi connectivity index (χ3v) is 2.84.